The zero-order valence-corrected chi connectivity index (χ0v) is 14.4. The lowest BCUT2D eigenvalue weighted by atomic mass is 10.2. The van der Waals surface area contributed by atoms with E-state index in [1.807, 2.05) is 13.8 Å². The number of anilines is 2. The maximum atomic E-state index is 11.9. The minimum Gasteiger partial charge on any atom is -0.486 e. The first-order valence-electron chi connectivity index (χ1n) is 6.69. The minimum atomic E-state index is -3.05. The molecule has 0 amide bonds. The Bertz CT molecular complexity index is 606. The molecule has 1 heterocycles. The van der Waals surface area contributed by atoms with Crippen LogP contribution in [0.15, 0.2) is 0 Å². The van der Waals surface area contributed by atoms with E-state index in [0.29, 0.717) is 27.7 Å². The van der Waals surface area contributed by atoms with E-state index in [1.165, 1.54) is 17.6 Å². The summed E-state index contributed by atoms with van der Waals surface area (Å²) in [7, 11) is -3.05. The molecule has 3 N–H and O–H groups in total. The van der Waals surface area contributed by atoms with E-state index in [4.69, 9.17) is 10.5 Å². The molecule has 0 aliphatic heterocycles. The number of hydrogen-bond donors (Lipinski definition) is 2. The largest absolute Gasteiger partial charge is 0.486 e. The van der Waals surface area contributed by atoms with Gasteiger partial charge in [-0.1, -0.05) is 6.92 Å². The molecule has 0 aromatic carbocycles. The molecule has 0 aliphatic carbocycles. The molecular formula is C13H22N2O4S2. The molecule has 8 heteroatoms. The summed E-state index contributed by atoms with van der Waals surface area (Å²) in [5.41, 5.74) is 6.31. The van der Waals surface area contributed by atoms with Gasteiger partial charge in [-0.15, -0.1) is 11.3 Å². The highest BCUT2D eigenvalue weighted by molar-refractivity contribution is 7.90. The van der Waals surface area contributed by atoms with Crippen molar-refractivity contribution in [2.75, 3.05) is 29.6 Å². The first-order chi connectivity index (χ1) is 9.65. The normalized spacial score (nSPS) is 11.7. The van der Waals surface area contributed by atoms with Crippen LogP contribution in [-0.4, -0.2) is 38.9 Å². The van der Waals surface area contributed by atoms with Gasteiger partial charge in [-0.05, 0) is 13.8 Å². The molecule has 21 heavy (non-hydrogen) atoms. The monoisotopic (exact) mass is 334 g/mol. The van der Waals surface area contributed by atoms with Gasteiger partial charge in [-0.2, -0.15) is 0 Å². The smallest absolute Gasteiger partial charge is 0.177 e. The first kappa shape index (κ1) is 17.8. The number of rotatable bonds is 8. The maximum Gasteiger partial charge on any atom is 0.177 e. The number of Topliss-reactive ketones (excluding diaryl/α,β-unsaturated/α-hetero) is 1. The van der Waals surface area contributed by atoms with Crippen LogP contribution < -0.4 is 15.8 Å². The van der Waals surface area contributed by atoms with Crippen molar-refractivity contribution < 1.29 is 17.9 Å². The molecular weight excluding hydrogens is 312 g/mol. The second-order valence-corrected chi connectivity index (χ2v) is 8.28. The quantitative estimate of drug-likeness (QED) is 0.707. The predicted molar refractivity (Wildman–Crippen MR) is 87.3 cm³/mol. The van der Waals surface area contributed by atoms with Crippen LogP contribution in [0.25, 0.3) is 0 Å². The number of nitrogen functional groups attached to an aromatic ring is 1. The Hall–Kier alpha value is -1.28. The van der Waals surface area contributed by atoms with E-state index in [2.05, 4.69) is 5.32 Å². The topological polar surface area (TPSA) is 98.5 Å². The number of nitrogens with two attached hydrogens (primary N) is 1. The van der Waals surface area contributed by atoms with Crippen LogP contribution in [0.1, 0.15) is 36.9 Å². The van der Waals surface area contributed by atoms with E-state index < -0.39 is 9.84 Å². The first-order valence-corrected chi connectivity index (χ1v) is 9.57. The summed E-state index contributed by atoms with van der Waals surface area (Å²) in [6, 6.07) is 0. The van der Waals surface area contributed by atoms with Gasteiger partial charge in [0.25, 0.3) is 0 Å². The highest BCUT2D eigenvalue weighted by Gasteiger charge is 2.22. The predicted octanol–water partition coefficient (Wildman–Crippen LogP) is 2.17. The number of hydrogen-bond acceptors (Lipinski definition) is 7. The molecule has 0 fully saturated rings. The van der Waals surface area contributed by atoms with Crippen LogP contribution in [-0.2, 0) is 9.84 Å². The average Bonchev–Trinajstić information content (AvgIpc) is 2.65. The summed E-state index contributed by atoms with van der Waals surface area (Å²) < 4.78 is 28.0. The Morgan fingerprint density at radius 3 is 2.52 bits per heavy atom. The molecule has 0 unspecified atom stereocenters. The van der Waals surface area contributed by atoms with Crippen LogP contribution in [0.5, 0.6) is 5.75 Å². The maximum absolute atomic E-state index is 11.9. The molecule has 1 aromatic heterocycles. The van der Waals surface area contributed by atoms with Crippen LogP contribution >= 0.6 is 11.3 Å². The van der Waals surface area contributed by atoms with Gasteiger partial charge in [0.15, 0.2) is 11.5 Å². The van der Waals surface area contributed by atoms with E-state index in [-0.39, 0.29) is 24.2 Å². The van der Waals surface area contributed by atoms with Crippen LogP contribution in [0, 0.1) is 0 Å². The molecule has 0 bridgehead atoms. The van der Waals surface area contributed by atoms with Crippen LogP contribution in [0.2, 0.25) is 0 Å². The van der Waals surface area contributed by atoms with Crippen molar-refractivity contribution >= 4 is 37.6 Å². The third-order valence-electron chi connectivity index (χ3n) is 2.59. The Kier molecular flexibility index (Phi) is 6.03. The van der Waals surface area contributed by atoms with Crippen LogP contribution in [0.4, 0.5) is 10.7 Å². The second-order valence-electron chi connectivity index (χ2n) is 5.00. The van der Waals surface area contributed by atoms with Gasteiger partial charge in [0, 0.05) is 19.2 Å². The summed E-state index contributed by atoms with van der Waals surface area (Å²) in [4.78, 5) is 12.3. The molecule has 0 radical (unpaired) electrons. The highest BCUT2D eigenvalue weighted by atomic mass is 32.2. The molecule has 0 aliphatic rings. The number of nitrogens with one attached hydrogen (secondary N) is 1. The molecule has 0 spiro atoms. The number of ketones is 1. The standard InChI is InChI=1S/C13H22N2O4S2/c1-5-9(16)12-10(14)11(19-8(2)3)13(20-12)15-6-7-21(4,17)18/h8,15H,5-7,14H2,1-4H3. The average molecular weight is 334 g/mol. The number of carbonyl (C=O) groups is 1. The van der Waals surface area contributed by atoms with E-state index >= 15 is 0 Å². The van der Waals surface area contributed by atoms with Crippen molar-refractivity contribution in [2.45, 2.75) is 33.3 Å². The highest BCUT2D eigenvalue weighted by Crippen LogP contribution is 2.43. The van der Waals surface area contributed by atoms with Crippen molar-refractivity contribution in [3.05, 3.63) is 4.88 Å². The Morgan fingerprint density at radius 2 is 2.05 bits per heavy atom. The summed E-state index contributed by atoms with van der Waals surface area (Å²) in [5.74, 6) is 0.380. The Balaban J connectivity index is 3.02. The molecule has 0 saturated heterocycles. The summed E-state index contributed by atoms with van der Waals surface area (Å²) in [6.45, 7) is 5.73. The van der Waals surface area contributed by atoms with Gasteiger partial charge in [0.05, 0.1) is 22.4 Å². The zero-order valence-electron chi connectivity index (χ0n) is 12.7. The van der Waals surface area contributed by atoms with Gasteiger partial charge >= 0.3 is 0 Å². The Morgan fingerprint density at radius 1 is 1.43 bits per heavy atom. The lowest BCUT2D eigenvalue weighted by Crippen LogP contribution is -2.15. The molecule has 1 rings (SSSR count). The van der Waals surface area contributed by atoms with Gasteiger partial charge in [-0.3, -0.25) is 4.79 Å². The van der Waals surface area contributed by atoms with Crippen molar-refractivity contribution in [2.24, 2.45) is 0 Å². The number of sulfone groups is 1. The molecule has 0 saturated carbocycles. The van der Waals surface area contributed by atoms with Gasteiger partial charge in [0.1, 0.15) is 14.8 Å². The summed E-state index contributed by atoms with van der Waals surface area (Å²) >= 11 is 1.21. The molecule has 1 aromatic rings. The van der Waals surface area contributed by atoms with Gasteiger partial charge in [0.2, 0.25) is 0 Å². The van der Waals surface area contributed by atoms with Crippen molar-refractivity contribution in [3.63, 3.8) is 0 Å². The molecule has 6 nitrogen and oxygen atoms in total. The number of carbonyl (C=O) groups excluding carboxylic acids is 1. The third-order valence-corrected chi connectivity index (χ3v) is 4.72. The van der Waals surface area contributed by atoms with Crippen molar-refractivity contribution in [1.82, 2.24) is 0 Å². The van der Waals surface area contributed by atoms with Crippen molar-refractivity contribution in [1.29, 1.82) is 0 Å². The summed E-state index contributed by atoms with van der Waals surface area (Å²) in [6.07, 6.45) is 1.44. The number of thiophene rings is 1. The fourth-order valence-corrected chi connectivity index (χ4v) is 3.18. The lowest BCUT2D eigenvalue weighted by Gasteiger charge is -2.12. The van der Waals surface area contributed by atoms with Gasteiger partial charge < -0.3 is 15.8 Å². The van der Waals surface area contributed by atoms with Crippen molar-refractivity contribution in [3.8, 4) is 5.75 Å². The number of ether oxygens (including phenoxy) is 1. The second kappa shape index (κ2) is 7.13. The fourth-order valence-electron chi connectivity index (χ4n) is 1.62. The minimum absolute atomic E-state index is 0.00296. The SMILES string of the molecule is CCC(=O)c1sc(NCCS(C)(=O)=O)c(OC(C)C)c1N. The van der Waals surface area contributed by atoms with E-state index in [1.54, 1.807) is 6.92 Å². The lowest BCUT2D eigenvalue weighted by molar-refractivity contribution is 0.0992. The van der Waals surface area contributed by atoms with Gasteiger partial charge in [-0.25, -0.2) is 8.42 Å². The molecule has 120 valence electrons. The van der Waals surface area contributed by atoms with Crippen LogP contribution in [0.3, 0.4) is 0 Å². The third kappa shape index (κ3) is 5.20. The van der Waals surface area contributed by atoms with E-state index in [9.17, 15) is 13.2 Å². The Labute approximate surface area is 129 Å². The molecule has 0 atom stereocenters. The van der Waals surface area contributed by atoms with E-state index in [0.717, 1.165) is 0 Å². The zero-order chi connectivity index (χ0) is 16.2. The summed E-state index contributed by atoms with van der Waals surface area (Å²) in [5, 5.41) is 3.60. The fraction of sp³-hybridized carbons (Fsp3) is 0.615.